The topological polar surface area (TPSA) is 69.0 Å². The van der Waals surface area contributed by atoms with Crippen molar-refractivity contribution in [3.63, 3.8) is 0 Å². The van der Waals surface area contributed by atoms with Crippen LogP contribution >= 0.6 is 11.8 Å². The van der Waals surface area contributed by atoms with Gasteiger partial charge in [0, 0.05) is 12.2 Å². The van der Waals surface area contributed by atoms with Crippen LogP contribution in [0, 0.1) is 11.7 Å². The number of amides is 1. The van der Waals surface area contributed by atoms with Gasteiger partial charge in [-0.15, -0.1) is 10.2 Å². The zero-order valence-corrected chi connectivity index (χ0v) is 18.2. The normalized spacial score (nSPS) is 12.1. The molecule has 30 heavy (non-hydrogen) atoms. The van der Waals surface area contributed by atoms with Gasteiger partial charge in [0.1, 0.15) is 11.6 Å². The van der Waals surface area contributed by atoms with Gasteiger partial charge in [0.2, 0.25) is 5.91 Å². The molecule has 8 heteroatoms. The van der Waals surface area contributed by atoms with Crippen LogP contribution in [0.25, 0.3) is 11.4 Å². The molecule has 1 unspecified atom stereocenters. The summed E-state index contributed by atoms with van der Waals surface area (Å²) >= 11 is 1.30. The number of nitrogens with zero attached hydrogens (tertiary/aromatic N) is 3. The minimum Gasteiger partial charge on any atom is -0.497 e. The highest BCUT2D eigenvalue weighted by Crippen LogP contribution is 2.29. The second-order valence-electron chi connectivity index (χ2n) is 7.27. The van der Waals surface area contributed by atoms with Crippen LogP contribution < -0.4 is 10.1 Å². The Bertz CT molecular complexity index is 1000. The summed E-state index contributed by atoms with van der Waals surface area (Å²) in [5, 5.41) is 11.5. The zero-order valence-electron chi connectivity index (χ0n) is 17.4. The summed E-state index contributed by atoms with van der Waals surface area (Å²) in [5.41, 5.74) is 1.08. The van der Waals surface area contributed by atoms with E-state index in [0.717, 1.165) is 5.75 Å². The second kappa shape index (κ2) is 9.75. The summed E-state index contributed by atoms with van der Waals surface area (Å²) < 4.78 is 21.3. The van der Waals surface area contributed by atoms with Crippen molar-refractivity contribution < 1.29 is 13.9 Å². The molecule has 6 nitrogen and oxygen atoms in total. The number of halogens is 1. The molecule has 1 amide bonds. The third kappa shape index (κ3) is 5.18. The SMILES string of the molecule is COc1ccc(NC(=O)C(C)Sc2nnc(-c3ccccc3F)n2CC(C)C)cc1. The molecule has 2 aromatic carbocycles. The molecule has 0 radical (unpaired) electrons. The molecule has 3 aromatic rings. The molecule has 1 heterocycles. The van der Waals surface area contributed by atoms with E-state index < -0.39 is 5.25 Å². The van der Waals surface area contributed by atoms with Gasteiger partial charge in [-0.2, -0.15) is 0 Å². The van der Waals surface area contributed by atoms with Gasteiger partial charge in [-0.05, 0) is 49.2 Å². The minimum absolute atomic E-state index is 0.156. The number of carbonyl (C=O) groups excluding carboxylic acids is 1. The van der Waals surface area contributed by atoms with E-state index in [2.05, 4.69) is 29.4 Å². The average molecular weight is 429 g/mol. The Morgan fingerprint density at radius 3 is 2.47 bits per heavy atom. The Balaban J connectivity index is 1.79. The molecule has 0 fully saturated rings. The highest BCUT2D eigenvalue weighted by molar-refractivity contribution is 8.00. The lowest BCUT2D eigenvalue weighted by atomic mass is 10.2. The summed E-state index contributed by atoms with van der Waals surface area (Å²) in [6.45, 7) is 6.56. The van der Waals surface area contributed by atoms with Gasteiger partial charge in [0.05, 0.1) is 17.9 Å². The summed E-state index contributed by atoms with van der Waals surface area (Å²) in [7, 11) is 1.59. The van der Waals surface area contributed by atoms with Crippen molar-refractivity contribution in [2.24, 2.45) is 5.92 Å². The van der Waals surface area contributed by atoms with Crippen LogP contribution in [0.4, 0.5) is 10.1 Å². The fourth-order valence-corrected chi connectivity index (χ4v) is 3.74. The number of benzene rings is 2. The molecule has 0 bridgehead atoms. The maximum Gasteiger partial charge on any atom is 0.237 e. The number of hydrogen-bond acceptors (Lipinski definition) is 5. The number of rotatable bonds is 8. The number of anilines is 1. The van der Waals surface area contributed by atoms with Gasteiger partial charge in [-0.25, -0.2) is 4.39 Å². The number of ether oxygens (including phenoxy) is 1. The first-order valence-corrected chi connectivity index (χ1v) is 10.6. The number of methoxy groups -OCH3 is 1. The van der Waals surface area contributed by atoms with Crippen LogP contribution in [0.15, 0.2) is 53.7 Å². The third-order valence-corrected chi connectivity index (χ3v) is 5.47. The molecule has 0 aliphatic carbocycles. The van der Waals surface area contributed by atoms with Crippen LogP contribution in [-0.2, 0) is 11.3 Å². The van der Waals surface area contributed by atoms with Crippen molar-refractivity contribution in [2.75, 3.05) is 12.4 Å². The number of aromatic nitrogens is 3. The number of nitrogens with one attached hydrogen (secondary N) is 1. The Labute approximate surface area is 179 Å². The second-order valence-corrected chi connectivity index (χ2v) is 8.58. The van der Waals surface area contributed by atoms with Crippen LogP contribution in [0.1, 0.15) is 20.8 Å². The summed E-state index contributed by atoms with van der Waals surface area (Å²) in [6, 6.07) is 13.6. The predicted octanol–water partition coefficient (Wildman–Crippen LogP) is 4.87. The van der Waals surface area contributed by atoms with E-state index in [1.54, 1.807) is 56.5 Å². The molecule has 0 spiro atoms. The Morgan fingerprint density at radius 1 is 1.13 bits per heavy atom. The third-order valence-electron chi connectivity index (χ3n) is 4.39. The van der Waals surface area contributed by atoms with Gasteiger partial charge in [0.25, 0.3) is 0 Å². The smallest absolute Gasteiger partial charge is 0.237 e. The molecule has 1 atom stereocenters. The molecule has 0 aliphatic heterocycles. The maximum atomic E-state index is 14.3. The van der Waals surface area contributed by atoms with E-state index >= 15 is 0 Å². The zero-order chi connectivity index (χ0) is 21.7. The Morgan fingerprint density at radius 2 is 1.83 bits per heavy atom. The fraction of sp³-hybridized carbons (Fsp3) is 0.318. The molecule has 0 saturated heterocycles. The number of carbonyl (C=O) groups is 1. The number of hydrogen-bond donors (Lipinski definition) is 1. The quantitative estimate of drug-likeness (QED) is 0.519. The van der Waals surface area contributed by atoms with Crippen LogP contribution in [-0.4, -0.2) is 33.0 Å². The first kappa shape index (κ1) is 21.8. The minimum atomic E-state index is -0.421. The highest BCUT2D eigenvalue weighted by Gasteiger charge is 2.22. The average Bonchev–Trinajstić information content (AvgIpc) is 3.10. The molecule has 1 N–H and O–H groups in total. The lowest BCUT2D eigenvalue weighted by Gasteiger charge is -2.15. The van der Waals surface area contributed by atoms with Gasteiger partial charge < -0.3 is 14.6 Å². The predicted molar refractivity (Wildman–Crippen MR) is 117 cm³/mol. The fourth-order valence-electron chi connectivity index (χ4n) is 2.88. The molecular weight excluding hydrogens is 403 g/mol. The first-order valence-electron chi connectivity index (χ1n) is 9.68. The molecular formula is C22H25FN4O2S. The molecule has 1 aromatic heterocycles. The van der Waals surface area contributed by atoms with Crippen LogP contribution in [0.3, 0.4) is 0 Å². The van der Waals surface area contributed by atoms with E-state index in [9.17, 15) is 9.18 Å². The highest BCUT2D eigenvalue weighted by atomic mass is 32.2. The largest absolute Gasteiger partial charge is 0.497 e. The van der Waals surface area contributed by atoms with E-state index in [1.807, 2.05) is 4.57 Å². The van der Waals surface area contributed by atoms with Crippen molar-refractivity contribution in [3.8, 4) is 17.1 Å². The van der Waals surface area contributed by atoms with Gasteiger partial charge in [-0.3, -0.25) is 4.79 Å². The molecule has 3 rings (SSSR count). The first-order chi connectivity index (χ1) is 14.4. The Kier molecular flexibility index (Phi) is 7.10. The lowest BCUT2D eigenvalue weighted by molar-refractivity contribution is -0.115. The molecule has 0 aliphatic rings. The van der Waals surface area contributed by atoms with E-state index in [-0.39, 0.29) is 11.7 Å². The van der Waals surface area contributed by atoms with Gasteiger partial charge in [-0.1, -0.05) is 37.7 Å². The monoisotopic (exact) mass is 428 g/mol. The van der Waals surface area contributed by atoms with Crippen molar-refractivity contribution >= 4 is 23.4 Å². The molecule has 0 saturated carbocycles. The summed E-state index contributed by atoms with van der Waals surface area (Å²) in [5.74, 6) is 0.979. The van der Waals surface area contributed by atoms with Crippen molar-refractivity contribution in [3.05, 3.63) is 54.3 Å². The van der Waals surface area contributed by atoms with Crippen LogP contribution in [0.2, 0.25) is 0 Å². The maximum absolute atomic E-state index is 14.3. The van der Waals surface area contributed by atoms with Crippen molar-refractivity contribution in [1.29, 1.82) is 0 Å². The lowest BCUT2D eigenvalue weighted by Crippen LogP contribution is -2.23. The van der Waals surface area contributed by atoms with Gasteiger partial charge in [0.15, 0.2) is 11.0 Å². The summed E-state index contributed by atoms with van der Waals surface area (Å²) in [4.78, 5) is 12.7. The van der Waals surface area contributed by atoms with Crippen molar-refractivity contribution in [2.45, 2.75) is 37.7 Å². The van der Waals surface area contributed by atoms with Crippen LogP contribution in [0.5, 0.6) is 5.75 Å². The van der Waals surface area contributed by atoms with E-state index in [1.165, 1.54) is 17.8 Å². The molecule has 158 valence electrons. The van der Waals surface area contributed by atoms with Gasteiger partial charge >= 0.3 is 0 Å². The van der Waals surface area contributed by atoms with E-state index in [0.29, 0.717) is 34.7 Å². The Hall–Kier alpha value is -2.87. The van der Waals surface area contributed by atoms with Crippen molar-refractivity contribution in [1.82, 2.24) is 14.8 Å². The standard InChI is InChI=1S/C22H25FN4O2S/c1-14(2)13-27-20(18-7-5-6-8-19(18)23)25-26-22(27)30-15(3)21(28)24-16-9-11-17(29-4)12-10-16/h5-12,14-15H,13H2,1-4H3,(H,24,28). The summed E-state index contributed by atoms with van der Waals surface area (Å²) in [6.07, 6.45) is 0. The number of thioether (sulfide) groups is 1. The van der Waals surface area contributed by atoms with E-state index in [4.69, 9.17) is 4.74 Å².